The first-order chi connectivity index (χ1) is 19.4. The lowest BCUT2D eigenvalue weighted by atomic mass is 10.0. The van der Waals surface area contributed by atoms with E-state index in [2.05, 4.69) is 36.5 Å². The van der Waals surface area contributed by atoms with Crippen molar-refractivity contribution in [2.45, 2.75) is 107 Å². The van der Waals surface area contributed by atoms with E-state index >= 15 is 0 Å². The highest BCUT2D eigenvalue weighted by Crippen LogP contribution is 2.40. The number of hydrogen-bond donors (Lipinski definition) is 1. The Morgan fingerprint density at radius 2 is 1.57 bits per heavy atom. The van der Waals surface area contributed by atoms with Gasteiger partial charge in [-0.25, -0.2) is 0 Å². The van der Waals surface area contributed by atoms with Crippen molar-refractivity contribution in [1.82, 2.24) is 0 Å². The quantitative estimate of drug-likeness (QED) is 0.0746. The van der Waals surface area contributed by atoms with Crippen molar-refractivity contribution in [2.24, 2.45) is 0 Å². The van der Waals surface area contributed by atoms with Gasteiger partial charge in [-0.15, -0.1) is 11.8 Å². The Labute approximate surface area is 245 Å². The summed E-state index contributed by atoms with van der Waals surface area (Å²) in [6.07, 6.45) is 13.0. The Balaban J connectivity index is 2.00. The van der Waals surface area contributed by atoms with Gasteiger partial charge >= 0.3 is 11.9 Å². The normalized spacial score (nSPS) is 11.6. The summed E-state index contributed by atoms with van der Waals surface area (Å²) in [5.41, 5.74) is 3.27. The highest BCUT2D eigenvalue weighted by Gasteiger charge is 2.16. The molecule has 40 heavy (non-hydrogen) atoms. The molecule has 0 fully saturated rings. The van der Waals surface area contributed by atoms with Gasteiger partial charge in [0.25, 0.3) is 0 Å². The minimum atomic E-state index is -0.534. The Morgan fingerprint density at radius 1 is 0.850 bits per heavy atom. The molecule has 6 nitrogen and oxygen atoms in total. The Morgan fingerprint density at radius 3 is 2.27 bits per heavy atom. The zero-order valence-corrected chi connectivity index (χ0v) is 25.4. The number of thioether (sulfide) groups is 1. The molecular weight excluding hydrogens is 522 g/mol. The lowest BCUT2D eigenvalue weighted by Gasteiger charge is -2.18. The second-order valence-corrected chi connectivity index (χ2v) is 11.4. The lowest BCUT2D eigenvalue weighted by Crippen LogP contribution is -2.18. The second kappa shape index (κ2) is 20.1. The molecule has 0 radical (unpaired) electrons. The molecule has 0 saturated carbocycles. The van der Waals surface area contributed by atoms with E-state index in [1.165, 1.54) is 63.2 Å². The minimum Gasteiger partial charge on any atom is -0.469 e. The Bertz CT molecular complexity index is 1020. The van der Waals surface area contributed by atoms with Crippen LogP contribution in [0.15, 0.2) is 53.4 Å². The summed E-state index contributed by atoms with van der Waals surface area (Å²) in [7, 11) is 1.42. The molecule has 7 heteroatoms. The highest BCUT2D eigenvalue weighted by atomic mass is 32.2. The summed E-state index contributed by atoms with van der Waals surface area (Å²) >= 11 is 1.75. The summed E-state index contributed by atoms with van der Waals surface area (Å²) in [5.74, 6) is -1.10. The summed E-state index contributed by atoms with van der Waals surface area (Å²) in [4.78, 5) is 36.5. The van der Waals surface area contributed by atoms with Crippen LogP contribution in [0.4, 0.5) is 5.69 Å². The van der Waals surface area contributed by atoms with Gasteiger partial charge in [-0.05, 0) is 61.9 Å². The van der Waals surface area contributed by atoms with Crippen LogP contribution < -0.4 is 5.32 Å². The van der Waals surface area contributed by atoms with E-state index < -0.39 is 11.9 Å². The predicted molar refractivity (Wildman–Crippen MR) is 164 cm³/mol. The molecule has 2 rings (SSSR count). The summed E-state index contributed by atoms with van der Waals surface area (Å²) in [6, 6.07) is 16.7. The number of carbonyl (C=O) groups is 3. The number of unbranched alkanes of at least 4 members (excludes halogenated alkanes) is 7. The standard InChI is InChI=1S/C33H47NO5S/c1-4-6-7-8-9-10-11-15-26-20-22-27(23-21-26)30(18-12-13-19-32(36)38-3)40-29-17-14-16-28(24-29)34-31(35)25-33(37)39-5-2/h14,16-17,20-24,30H,4-13,15,18-19,25H2,1-3H3,(H,34,35). The zero-order chi connectivity index (χ0) is 29.0. The van der Waals surface area contributed by atoms with Crippen LogP contribution in [0.2, 0.25) is 0 Å². The number of hydrogen-bond acceptors (Lipinski definition) is 6. The van der Waals surface area contributed by atoms with Gasteiger partial charge in [-0.2, -0.15) is 0 Å². The van der Waals surface area contributed by atoms with Crippen LogP contribution >= 0.6 is 11.8 Å². The molecule has 1 unspecified atom stereocenters. The Kier molecular flexibility index (Phi) is 16.8. The molecular formula is C33H47NO5S. The molecule has 1 atom stereocenters. The van der Waals surface area contributed by atoms with E-state index in [1.807, 2.05) is 24.3 Å². The van der Waals surface area contributed by atoms with Gasteiger partial charge in [0, 0.05) is 22.3 Å². The number of aryl methyl sites for hydroxylation is 1. The first kappa shape index (κ1) is 33.4. The van der Waals surface area contributed by atoms with Crippen molar-refractivity contribution in [2.75, 3.05) is 19.0 Å². The third-order valence-electron chi connectivity index (χ3n) is 6.75. The van der Waals surface area contributed by atoms with Gasteiger partial charge < -0.3 is 14.8 Å². The van der Waals surface area contributed by atoms with Crippen LogP contribution in [-0.2, 0) is 30.3 Å². The molecule has 1 amide bonds. The van der Waals surface area contributed by atoms with Crippen LogP contribution in [-0.4, -0.2) is 31.6 Å². The zero-order valence-electron chi connectivity index (χ0n) is 24.5. The number of carbonyl (C=O) groups excluding carboxylic acids is 3. The predicted octanol–water partition coefficient (Wildman–Crippen LogP) is 8.44. The molecule has 0 aliphatic carbocycles. The molecule has 0 heterocycles. The van der Waals surface area contributed by atoms with Crippen molar-refractivity contribution in [3.05, 3.63) is 59.7 Å². The average Bonchev–Trinajstić information content (AvgIpc) is 2.94. The largest absolute Gasteiger partial charge is 0.469 e. The molecule has 2 aromatic rings. The number of benzene rings is 2. The lowest BCUT2D eigenvalue weighted by molar-refractivity contribution is -0.145. The van der Waals surface area contributed by atoms with Crippen LogP contribution in [0.5, 0.6) is 0 Å². The SMILES string of the molecule is CCCCCCCCCc1ccc(C(CCCCC(=O)OC)Sc2cccc(NC(=O)CC(=O)OCC)c2)cc1. The second-order valence-electron chi connectivity index (χ2n) is 10.1. The monoisotopic (exact) mass is 569 g/mol. The van der Waals surface area contributed by atoms with E-state index in [-0.39, 0.29) is 24.2 Å². The van der Waals surface area contributed by atoms with E-state index in [1.54, 1.807) is 18.7 Å². The molecule has 0 spiro atoms. The summed E-state index contributed by atoms with van der Waals surface area (Å²) in [5, 5.41) is 3.00. The number of methoxy groups -OCH3 is 1. The smallest absolute Gasteiger partial charge is 0.315 e. The molecule has 0 saturated heterocycles. The third-order valence-corrected chi connectivity index (χ3v) is 8.07. The van der Waals surface area contributed by atoms with Crippen molar-refractivity contribution >= 4 is 35.3 Å². The first-order valence-electron chi connectivity index (χ1n) is 14.8. The average molecular weight is 570 g/mol. The van der Waals surface area contributed by atoms with Gasteiger partial charge in [-0.1, -0.05) is 82.2 Å². The summed E-state index contributed by atoms with van der Waals surface area (Å²) in [6.45, 7) is 4.22. The van der Waals surface area contributed by atoms with Crippen LogP contribution in [0.25, 0.3) is 0 Å². The molecule has 0 bridgehead atoms. The number of rotatable bonds is 20. The fourth-order valence-corrected chi connectivity index (χ4v) is 5.80. The van der Waals surface area contributed by atoms with Crippen LogP contribution in [0.3, 0.4) is 0 Å². The number of nitrogens with one attached hydrogen (secondary N) is 1. The van der Waals surface area contributed by atoms with E-state index in [4.69, 9.17) is 9.47 Å². The minimum absolute atomic E-state index is 0.176. The molecule has 220 valence electrons. The van der Waals surface area contributed by atoms with Gasteiger partial charge in [0.15, 0.2) is 0 Å². The van der Waals surface area contributed by atoms with Gasteiger partial charge in [-0.3, -0.25) is 14.4 Å². The van der Waals surface area contributed by atoms with Gasteiger partial charge in [0.05, 0.1) is 13.7 Å². The summed E-state index contributed by atoms with van der Waals surface area (Å²) < 4.78 is 9.66. The highest BCUT2D eigenvalue weighted by molar-refractivity contribution is 7.99. The molecule has 0 aromatic heterocycles. The number of amides is 1. The fourth-order valence-electron chi connectivity index (χ4n) is 4.54. The van der Waals surface area contributed by atoms with E-state index in [9.17, 15) is 14.4 Å². The molecule has 2 aromatic carbocycles. The first-order valence-corrected chi connectivity index (χ1v) is 15.7. The molecule has 1 N–H and O–H groups in total. The van der Waals surface area contributed by atoms with Gasteiger partial charge in [0.2, 0.25) is 5.91 Å². The maximum Gasteiger partial charge on any atom is 0.315 e. The number of ether oxygens (including phenoxy) is 2. The van der Waals surface area contributed by atoms with E-state index in [0.29, 0.717) is 12.1 Å². The maximum atomic E-state index is 12.2. The third kappa shape index (κ3) is 14.0. The van der Waals surface area contributed by atoms with Crippen molar-refractivity contribution in [3.63, 3.8) is 0 Å². The molecule has 0 aliphatic heterocycles. The Hall–Kier alpha value is -2.80. The number of anilines is 1. The maximum absolute atomic E-state index is 12.2. The van der Waals surface area contributed by atoms with Crippen molar-refractivity contribution < 1.29 is 23.9 Å². The van der Waals surface area contributed by atoms with Crippen LogP contribution in [0.1, 0.15) is 107 Å². The van der Waals surface area contributed by atoms with Crippen molar-refractivity contribution in [3.8, 4) is 0 Å². The fraction of sp³-hybridized carbons (Fsp3) is 0.545. The van der Waals surface area contributed by atoms with E-state index in [0.717, 1.165) is 30.6 Å². The van der Waals surface area contributed by atoms with Gasteiger partial charge in [0.1, 0.15) is 6.42 Å². The van der Waals surface area contributed by atoms with Crippen molar-refractivity contribution in [1.29, 1.82) is 0 Å². The molecule has 0 aliphatic rings. The van der Waals surface area contributed by atoms with Crippen LogP contribution in [0, 0.1) is 0 Å². The number of esters is 2. The topological polar surface area (TPSA) is 81.7 Å².